The third kappa shape index (κ3) is 2.69. The SMILES string of the molecule is COc1ccccc1C1CCN(CC2CC2)CC1. The molecule has 0 aromatic heterocycles. The minimum Gasteiger partial charge on any atom is -0.496 e. The van der Waals surface area contributed by atoms with Crippen molar-refractivity contribution < 1.29 is 4.74 Å². The van der Waals surface area contributed by atoms with Gasteiger partial charge in [0.05, 0.1) is 7.11 Å². The second-order valence-corrected chi connectivity index (χ2v) is 5.76. The highest BCUT2D eigenvalue weighted by atomic mass is 16.5. The van der Waals surface area contributed by atoms with Gasteiger partial charge in [0, 0.05) is 6.54 Å². The normalized spacial score (nSPS) is 22.1. The molecule has 1 saturated heterocycles. The van der Waals surface area contributed by atoms with E-state index in [1.807, 2.05) is 0 Å². The summed E-state index contributed by atoms with van der Waals surface area (Å²) in [7, 11) is 1.78. The minimum atomic E-state index is 0.691. The summed E-state index contributed by atoms with van der Waals surface area (Å²) in [5.74, 6) is 2.78. The quantitative estimate of drug-likeness (QED) is 0.807. The van der Waals surface area contributed by atoms with Crippen LogP contribution < -0.4 is 4.74 Å². The van der Waals surface area contributed by atoms with Crippen LogP contribution in [0.3, 0.4) is 0 Å². The molecule has 1 heterocycles. The van der Waals surface area contributed by atoms with Gasteiger partial charge in [-0.25, -0.2) is 0 Å². The Morgan fingerprint density at radius 3 is 2.50 bits per heavy atom. The van der Waals surface area contributed by atoms with Gasteiger partial charge in [0.2, 0.25) is 0 Å². The summed E-state index contributed by atoms with van der Waals surface area (Å²) >= 11 is 0. The maximum Gasteiger partial charge on any atom is 0.122 e. The number of hydrogen-bond donors (Lipinski definition) is 0. The van der Waals surface area contributed by atoms with Crippen LogP contribution in [-0.2, 0) is 0 Å². The monoisotopic (exact) mass is 245 g/mol. The van der Waals surface area contributed by atoms with Crippen LogP contribution in [0, 0.1) is 5.92 Å². The molecule has 0 spiro atoms. The van der Waals surface area contributed by atoms with Crippen molar-refractivity contribution in [2.45, 2.75) is 31.6 Å². The summed E-state index contributed by atoms with van der Waals surface area (Å²) in [6.45, 7) is 3.87. The highest BCUT2D eigenvalue weighted by Gasteiger charge is 2.28. The van der Waals surface area contributed by atoms with E-state index in [-0.39, 0.29) is 0 Å². The van der Waals surface area contributed by atoms with Gasteiger partial charge in [-0.15, -0.1) is 0 Å². The van der Waals surface area contributed by atoms with Crippen LogP contribution in [0.5, 0.6) is 5.75 Å². The molecule has 1 aromatic carbocycles. The van der Waals surface area contributed by atoms with E-state index < -0.39 is 0 Å². The van der Waals surface area contributed by atoms with Gasteiger partial charge in [0.15, 0.2) is 0 Å². The first-order valence-electron chi connectivity index (χ1n) is 7.22. The van der Waals surface area contributed by atoms with Gasteiger partial charge in [-0.1, -0.05) is 18.2 Å². The van der Waals surface area contributed by atoms with E-state index in [2.05, 4.69) is 29.2 Å². The van der Waals surface area contributed by atoms with E-state index in [0.717, 1.165) is 11.7 Å². The Balaban J connectivity index is 1.60. The molecule has 2 nitrogen and oxygen atoms in total. The fraction of sp³-hybridized carbons (Fsp3) is 0.625. The number of likely N-dealkylation sites (tertiary alicyclic amines) is 1. The number of piperidine rings is 1. The zero-order chi connectivity index (χ0) is 12.4. The predicted molar refractivity (Wildman–Crippen MR) is 74.1 cm³/mol. The molecule has 1 saturated carbocycles. The highest BCUT2D eigenvalue weighted by Crippen LogP contribution is 2.36. The Morgan fingerprint density at radius 2 is 1.83 bits per heavy atom. The van der Waals surface area contributed by atoms with Crippen LogP contribution >= 0.6 is 0 Å². The molecular formula is C16H23NO. The van der Waals surface area contributed by atoms with Crippen molar-refractivity contribution in [3.05, 3.63) is 29.8 Å². The van der Waals surface area contributed by atoms with Crippen LogP contribution in [0.2, 0.25) is 0 Å². The second-order valence-electron chi connectivity index (χ2n) is 5.76. The first-order valence-corrected chi connectivity index (χ1v) is 7.22. The predicted octanol–water partition coefficient (Wildman–Crippen LogP) is 3.28. The fourth-order valence-electron chi connectivity index (χ4n) is 3.10. The van der Waals surface area contributed by atoms with Gasteiger partial charge in [-0.2, -0.15) is 0 Å². The summed E-state index contributed by atoms with van der Waals surface area (Å²) in [4.78, 5) is 2.66. The topological polar surface area (TPSA) is 12.5 Å². The van der Waals surface area contributed by atoms with Crippen molar-refractivity contribution in [1.29, 1.82) is 0 Å². The fourth-order valence-corrected chi connectivity index (χ4v) is 3.10. The molecule has 2 aliphatic rings. The Labute approximate surface area is 110 Å². The average Bonchev–Trinajstić information content (AvgIpc) is 3.24. The Bertz CT molecular complexity index is 392. The molecule has 3 rings (SSSR count). The summed E-state index contributed by atoms with van der Waals surface area (Å²) in [5.41, 5.74) is 1.41. The van der Waals surface area contributed by atoms with E-state index in [9.17, 15) is 0 Å². The molecule has 1 aromatic rings. The van der Waals surface area contributed by atoms with E-state index in [4.69, 9.17) is 4.74 Å². The summed E-state index contributed by atoms with van der Waals surface area (Å²) < 4.78 is 5.49. The molecule has 2 heteroatoms. The Morgan fingerprint density at radius 1 is 1.11 bits per heavy atom. The molecule has 0 bridgehead atoms. The number of nitrogens with zero attached hydrogens (tertiary/aromatic N) is 1. The smallest absolute Gasteiger partial charge is 0.122 e. The first-order chi connectivity index (χ1) is 8.86. The van der Waals surface area contributed by atoms with Gasteiger partial charge in [-0.05, 0) is 62.2 Å². The second kappa shape index (κ2) is 5.31. The van der Waals surface area contributed by atoms with Crippen LogP contribution in [0.4, 0.5) is 0 Å². The third-order valence-electron chi connectivity index (χ3n) is 4.38. The maximum atomic E-state index is 5.49. The number of hydrogen-bond acceptors (Lipinski definition) is 2. The van der Waals surface area contributed by atoms with Gasteiger partial charge >= 0.3 is 0 Å². The molecule has 18 heavy (non-hydrogen) atoms. The zero-order valence-electron chi connectivity index (χ0n) is 11.3. The lowest BCUT2D eigenvalue weighted by Crippen LogP contribution is -2.34. The number of ether oxygens (including phenoxy) is 1. The summed E-state index contributed by atoms with van der Waals surface area (Å²) in [6, 6.07) is 8.52. The van der Waals surface area contributed by atoms with Gasteiger partial charge in [0.25, 0.3) is 0 Å². The van der Waals surface area contributed by atoms with Crippen LogP contribution in [0.25, 0.3) is 0 Å². The lowest BCUT2D eigenvalue weighted by atomic mass is 9.88. The molecule has 0 amide bonds. The lowest BCUT2D eigenvalue weighted by molar-refractivity contribution is 0.203. The highest BCUT2D eigenvalue weighted by molar-refractivity contribution is 5.36. The van der Waals surface area contributed by atoms with Crippen LogP contribution in [0.15, 0.2) is 24.3 Å². The Kier molecular flexibility index (Phi) is 3.55. The van der Waals surface area contributed by atoms with Gasteiger partial charge in [-0.3, -0.25) is 0 Å². The Hall–Kier alpha value is -1.02. The number of para-hydroxylation sites is 1. The molecule has 0 atom stereocenters. The zero-order valence-corrected chi connectivity index (χ0v) is 11.3. The lowest BCUT2D eigenvalue weighted by Gasteiger charge is -2.32. The molecular weight excluding hydrogens is 222 g/mol. The molecule has 2 fully saturated rings. The molecule has 1 aliphatic heterocycles. The molecule has 0 radical (unpaired) electrons. The maximum absolute atomic E-state index is 5.49. The standard InChI is InChI=1S/C16H23NO/c1-18-16-5-3-2-4-15(16)14-8-10-17(11-9-14)12-13-6-7-13/h2-5,13-14H,6-12H2,1H3. The van der Waals surface area contributed by atoms with Crippen LogP contribution in [0.1, 0.15) is 37.2 Å². The van der Waals surface area contributed by atoms with E-state index in [1.54, 1.807) is 7.11 Å². The largest absolute Gasteiger partial charge is 0.496 e. The number of benzene rings is 1. The first kappa shape index (κ1) is 12.0. The molecule has 1 aliphatic carbocycles. The minimum absolute atomic E-state index is 0.691. The number of rotatable bonds is 4. The molecule has 98 valence electrons. The van der Waals surface area contributed by atoms with Crippen molar-refractivity contribution in [2.75, 3.05) is 26.7 Å². The van der Waals surface area contributed by atoms with Crippen molar-refractivity contribution in [3.63, 3.8) is 0 Å². The van der Waals surface area contributed by atoms with E-state index >= 15 is 0 Å². The molecule has 0 unspecified atom stereocenters. The van der Waals surface area contributed by atoms with Crippen molar-refractivity contribution in [2.24, 2.45) is 5.92 Å². The van der Waals surface area contributed by atoms with Crippen molar-refractivity contribution in [3.8, 4) is 5.75 Å². The molecule has 0 N–H and O–H groups in total. The van der Waals surface area contributed by atoms with Crippen LogP contribution in [-0.4, -0.2) is 31.6 Å². The number of methoxy groups -OCH3 is 1. The van der Waals surface area contributed by atoms with E-state index in [1.165, 1.54) is 50.9 Å². The van der Waals surface area contributed by atoms with Gasteiger partial charge in [0.1, 0.15) is 5.75 Å². The average molecular weight is 245 g/mol. The summed E-state index contributed by atoms with van der Waals surface area (Å²) in [5, 5.41) is 0. The van der Waals surface area contributed by atoms with Gasteiger partial charge < -0.3 is 9.64 Å². The third-order valence-corrected chi connectivity index (χ3v) is 4.38. The summed E-state index contributed by atoms with van der Waals surface area (Å²) in [6.07, 6.45) is 5.50. The van der Waals surface area contributed by atoms with E-state index in [0.29, 0.717) is 5.92 Å². The van der Waals surface area contributed by atoms with Crippen molar-refractivity contribution >= 4 is 0 Å². The van der Waals surface area contributed by atoms with Crippen molar-refractivity contribution in [1.82, 2.24) is 4.90 Å².